The van der Waals surface area contributed by atoms with Gasteiger partial charge < -0.3 is 10.2 Å². The summed E-state index contributed by atoms with van der Waals surface area (Å²) in [7, 11) is 0. The predicted octanol–water partition coefficient (Wildman–Crippen LogP) is 2.20. The molecule has 0 aromatic carbocycles. The Morgan fingerprint density at radius 2 is 2.22 bits per heavy atom. The van der Waals surface area contributed by atoms with E-state index in [1.54, 1.807) is 0 Å². The number of nitriles is 1. The Kier molecular flexibility index (Phi) is 5.37. The quantitative estimate of drug-likeness (QED) is 0.835. The Labute approximate surface area is 109 Å². The first kappa shape index (κ1) is 14.2. The lowest BCUT2D eigenvalue weighted by Crippen LogP contribution is -2.29. The van der Waals surface area contributed by atoms with Gasteiger partial charge in [0.05, 0.1) is 12.0 Å². The van der Waals surface area contributed by atoms with Crippen molar-refractivity contribution in [2.75, 3.05) is 29.9 Å². The van der Waals surface area contributed by atoms with Crippen LogP contribution >= 0.6 is 0 Å². The first-order valence-electron chi connectivity index (χ1n) is 6.34. The van der Waals surface area contributed by atoms with Crippen LogP contribution in [0.25, 0.3) is 0 Å². The highest BCUT2D eigenvalue weighted by Gasteiger charge is 2.13. The topological polar surface area (TPSA) is 64.8 Å². The summed E-state index contributed by atoms with van der Waals surface area (Å²) in [6.07, 6.45) is 1.82. The fraction of sp³-hybridized carbons (Fsp3) is 0.615. The van der Waals surface area contributed by atoms with E-state index in [-0.39, 0.29) is 5.92 Å². The summed E-state index contributed by atoms with van der Waals surface area (Å²) >= 11 is 0. The summed E-state index contributed by atoms with van der Waals surface area (Å²) in [5.74, 6) is 1.54. The van der Waals surface area contributed by atoms with Crippen molar-refractivity contribution in [3.63, 3.8) is 0 Å². The van der Waals surface area contributed by atoms with Crippen LogP contribution in [-0.2, 0) is 0 Å². The Bertz CT molecular complexity index is 424. The zero-order valence-electron chi connectivity index (χ0n) is 11.6. The van der Waals surface area contributed by atoms with Crippen molar-refractivity contribution in [1.29, 1.82) is 5.26 Å². The maximum Gasteiger partial charge on any atom is 0.224 e. The first-order valence-corrected chi connectivity index (χ1v) is 6.34. The normalized spacial score (nSPS) is 11.7. The molecule has 1 heterocycles. The third kappa shape index (κ3) is 3.59. The van der Waals surface area contributed by atoms with Crippen LogP contribution in [0.4, 0.5) is 11.8 Å². The van der Waals surface area contributed by atoms with Gasteiger partial charge in [-0.2, -0.15) is 10.2 Å². The minimum atomic E-state index is -0.0121. The summed E-state index contributed by atoms with van der Waals surface area (Å²) < 4.78 is 0. The molecule has 0 saturated carbocycles. The number of aromatic nitrogens is 2. The summed E-state index contributed by atoms with van der Waals surface area (Å²) in [6.45, 7) is 10.3. The van der Waals surface area contributed by atoms with E-state index in [1.165, 1.54) is 0 Å². The molecule has 1 atom stereocenters. The SMILES string of the molecule is CCNc1ncc(C)c(N(CC)CC(C)C#N)n1. The molecule has 1 rings (SSSR count). The van der Waals surface area contributed by atoms with Crippen LogP contribution in [0.5, 0.6) is 0 Å². The number of rotatable bonds is 6. The molecule has 0 spiro atoms. The monoisotopic (exact) mass is 247 g/mol. The minimum Gasteiger partial charge on any atom is -0.355 e. The lowest BCUT2D eigenvalue weighted by molar-refractivity contribution is 0.677. The zero-order chi connectivity index (χ0) is 13.5. The van der Waals surface area contributed by atoms with E-state index in [2.05, 4.69) is 33.2 Å². The molecule has 0 amide bonds. The van der Waals surface area contributed by atoms with Crippen molar-refractivity contribution in [2.45, 2.75) is 27.7 Å². The smallest absolute Gasteiger partial charge is 0.224 e. The highest BCUT2D eigenvalue weighted by atomic mass is 15.2. The standard InChI is InChI=1S/C13H21N5/c1-5-15-13-16-8-11(4)12(17-13)18(6-2)9-10(3)7-14/h8,10H,5-6,9H2,1-4H3,(H,15,16,17). The Morgan fingerprint density at radius 1 is 1.50 bits per heavy atom. The van der Waals surface area contributed by atoms with Gasteiger partial charge in [-0.05, 0) is 27.7 Å². The molecule has 1 unspecified atom stereocenters. The van der Waals surface area contributed by atoms with E-state index in [4.69, 9.17) is 5.26 Å². The van der Waals surface area contributed by atoms with Crippen molar-refractivity contribution >= 4 is 11.8 Å². The van der Waals surface area contributed by atoms with Crippen molar-refractivity contribution < 1.29 is 0 Å². The number of hydrogen-bond donors (Lipinski definition) is 1. The molecule has 5 heteroatoms. The second kappa shape index (κ2) is 6.80. The summed E-state index contributed by atoms with van der Waals surface area (Å²) in [4.78, 5) is 10.9. The molecule has 0 saturated heterocycles. The molecule has 0 aliphatic carbocycles. The van der Waals surface area contributed by atoms with Gasteiger partial charge in [0.2, 0.25) is 5.95 Å². The molecule has 0 bridgehead atoms. The lowest BCUT2D eigenvalue weighted by Gasteiger charge is -2.24. The Balaban J connectivity index is 2.97. The molecule has 1 aromatic rings. The Morgan fingerprint density at radius 3 is 2.78 bits per heavy atom. The van der Waals surface area contributed by atoms with Crippen molar-refractivity contribution in [3.8, 4) is 6.07 Å². The number of hydrogen-bond acceptors (Lipinski definition) is 5. The molecule has 5 nitrogen and oxygen atoms in total. The van der Waals surface area contributed by atoms with Crippen LogP contribution in [0.2, 0.25) is 0 Å². The van der Waals surface area contributed by atoms with Crippen molar-refractivity contribution in [2.24, 2.45) is 5.92 Å². The fourth-order valence-corrected chi connectivity index (χ4v) is 1.73. The molecule has 98 valence electrons. The van der Waals surface area contributed by atoms with Crippen molar-refractivity contribution in [3.05, 3.63) is 11.8 Å². The van der Waals surface area contributed by atoms with E-state index >= 15 is 0 Å². The van der Waals surface area contributed by atoms with Gasteiger partial charge >= 0.3 is 0 Å². The van der Waals surface area contributed by atoms with Gasteiger partial charge in [0.1, 0.15) is 5.82 Å². The highest BCUT2D eigenvalue weighted by Crippen LogP contribution is 2.18. The summed E-state index contributed by atoms with van der Waals surface area (Å²) in [6, 6.07) is 2.26. The van der Waals surface area contributed by atoms with E-state index in [0.29, 0.717) is 12.5 Å². The van der Waals surface area contributed by atoms with Crippen LogP contribution in [0.1, 0.15) is 26.3 Å². The average molecular weight is 247 g/mol. The first-order chi connectivity index (χ1) is 8.62. The largest absolute Gasteiger partial charge is 0.355 e. The van der Waals surface area contributed by atoms with Gasteiger partial charge in [-0.3, -0.25) is 0 Å². The molecular formula is C13H21N5. The fourth-order valence-electron chi connectivity index (χ4n) is 1.73. The zero-order valence-corrected chi connectivity index (χ0v) is 11.6. The number of nitrogens with one attached hydrogen (secondary N) is 1. The number of anilines is 2. The van der Waals surface area contributed by atoms with Gasteiger partial charge in [-0.15, -0.1) is 0 Å². The molecule has 0 fully saturated rings. The molecular weight excluding hydrogens is 226 g/mol. The van der Waals surface area contributed by atoms with Crippen LogP contribution in [0.15, 0.2) is 6.20 Å². The summed E-state index contributed by atoms with van der Waals surface area (Å²) in [5, 5.41) is 12.0. The lowest BCUT2D eigenvalue weighted by atomic mass is 10.2. The third-order valence-electron chi connectivity index (χ3n) is 2.68. The second-order valence-electron chi connectivity index (χ2n) is 4.30. The van der Waals surface area contributed by atoms with Gasteiger partial charge in [0.15, 0.2) is 0 Å². The maximum atomic E-state index is 8.91. The molecule has 0 aliphatic rings. The van der Waals surface area contributed by atoms with Gasteiger partial charge in [-0.1, -0.05) is 0 Å². The van der Waals surface area contributed by atoms with E-state index in [9.17, 15) is 0 Å². The van der Waals surface area contributed by atoms with Crippen LogP contribution < -0.4 is 10.2 Å². The molecule has 18 heavy (non-hydrogen) atoms. The van der Waals surface area contributed by atoms with Crippen LogP contribution in [0.3, 0.4) is 0 Å². The van der Waals surface area contributed by atoms with Gasteiger partial charge in [0.25, 0.3) is 0 Å². The minimum absolute atomic E-state index is 0.0121. The van der Waals surface area contributed by atoms with Crippen molar-refractivity contribution in [1.82, 2.24) is 9.97 Å². The number of aryl methyl sites for hydroxylation is 1. The van der Waals surface area contributed by atoms with E-state index in [0.717, 1.165) is 24.5 Å². The highest BCUT2D eigenvalue weighted by molar-refractivity contribution is 5.49. The number of nitrogens with zero attached hydrogens (tertiary/aromatic N) is 4. The van der Waals surface area contributed by atoms with E-state index < -0.39 is 0 Å². The molecule has 1 N–H and O–H groups in total. The molecule has 0 aliphatic heterocycles. The van der Waals surface area contributed by atoms with Crippen LogP contribution in [-0.4, -0.2) is 29.6 Å². The van der Waals surface area contributed by atoms with Gasteiger partial charge in [-0.25, -0.2) is 4.98 Å². The third-order valence-corrected chi connectivity index (χ3v) is 2.68. The van der Waals surface area contributed by atoms with Gasteiger partial charge in [0, 0.05) is 31.4 Å². The predicted molar refractivity (Wildman–Crippen MR) is 73.6 cm³/mol. The van der Waals surface area contributed by atoms with Crippen LogP contribution in [0, 0.1) is 24.2 Å². The maximum absolute atomic E-state index is 8.91. The molecule has 0 radical (unpaired) electrons. The Hall–Kier alpha value is -1.83. The second-order valence-corrected chi connectivity index (χ2v) is 4.30. The molecule has 1 aromatic heterocycles. The summed E-state index contributed by atoms with van der Waals surface area (Å²) in [5.41, 5.74) is 1.03. The average Bonchev–Trinajstić information content (AvgIpc) is 2.38. The van der Waals surface area contributed by atoms with E-state index in [1.807, 2.05) is 27.0 Å².